The summed E-state index contributed by atoms with van der Waals surface area (Å²) in [5.74, 6) is 0.900. The van der Waals surface area contributed by atoms with Crippen molar-refractivity contribution in [2.24, 2.45) is 0 Å². The first-order valence-electron chi connectivity index (χ1n) is 6.26. The molecule has 0 radical (unpaired) electrons. The molecule has 0 amide bonds. The van der Waals surface area contributed by atoms with Crippen molar-refractivity contribution in [2.45, 2.75) is 6.61 Å². The molecule has 0 saturated heterocycles. The lowest BCUT2D eigenvalue weighted by Crippen LogP contribution is -1.97. The third kappa shape index (κ3) is 3.22. The minimum absolute atomic E-state index is 0.180. The van der Waals surface area contributed by atoms with Gasteiger partial charge in [0.1, 0.15) is 24.0 Å². The number of aromatic amines is 1. The maximum Gasteiger partial charge on any atom is 0.181 e. The average molecular weight is 287 g/mol. The quantitative estimate of drug-likeness (QED) is 0.800. The second-order valence-electron chi connectivity index (χ2n) is 4.36. The summed E-state index contributed by atoms with van der Waals surface area (Å²) in [5.41, 5.74) is 0.709. The minimum Gasteiger partial charge on any atom is -0.486 e. The van der Waals surface area contributed by atoms with Crippen molar-refractivity contribution in [2.75, 3.05) is 0 Å². The van der Waals surface area contributed by atoms with Gasteiger partial charge in [0.25, 0.3) is 0 Å². The lowest BCUT2D eigenvalue weighted by Gasteiger charge is -2.02. The van der Waals surface area contributed by atoms with Gasteiger partial charge in [0.15, 0.2) is 11.6 Å². The molecule has 0 fully saturated rings. The highest BCUT2D eigenvalue weighted by atomic mass is 19.1. The molecule has 106 valence electrons. The molecule has 3 aromatic rings. The molecule has 4 nitrogen and oxygen atoms in total. The molecule has 6 heteroatoms. The molecule has 1 heterocycles. The topological polar surface area (TPSA) is 50.8 Å². The largest absolute Gasteiger partial charge is 0.486 e. The number of hydrogen-bond donors (Lipinski definition) is 1. The molecule has 1 N–H and O–H groups in total. The van der Waals surface area contributed by atoms with Crippen LogP contribution in [0, 0.1) is 11.6 Å². The maximum absolute atomic E-state index is 12.8. The summed E-state index contributed by atoms with van der Waals surface area (Å²) in [6, 6.07) is 11.6. The summed E-state index contributed by atoms with van der Waals surface area (Å²) >= 11 is 0. The van der Waals surface area contributed by atoms with E-state index in [4.69, 9.17) is 4.74 Å². The van der Waals surface area contributed by atoms with E-state index in [9.17, 15) is 8.78 Å². The number of hydrogen-bond acceptors (Lipinski definition) is 3. The smallest absolute Gasteiger partial charge is 0.181 e. The summed E-state index contributed by atoms with van der Waals surface area (Å²) in [7, 11) is 0. The van der Waals surface area contributed by atoms with Gasteiger partial charge in [0, 0.05) is 5.56 Å². The van der Waals surface area contributed by atoms with Crippen LogP contribution < -0.4 is 4.74 Å². The Morgan fingerprint density at radius 3 is 2.19 bits per heavy atom. The second-order valence-corrected chi connectivity index (χ2v) is 4.36. The highest BCUT2D eigenvalue weighted by Crippen LogP contribution is 2.16. The predicted molar refractivity (Wildman–Crippen MR) is 72.5 cm³/mol. The van der Waals surface area contributed by atoms with Crippen LogP contribution in [0.5, 0.6) is 5.75 Å². The van der Waals surface area contributed by atoms with Crippen molar-refractivity contribution >= 4 is 0 Å². The van der Waals surface area contributed by atoms with Gasteiger partial charge in [-0.3, -0.25) is 5.10 Å². The molecule has 0 bridgehead atoms. The van der Waals surface area contributed by atoms with Crippen molar-refractivity contribution in [1.82, 2.24) is 15.2 Å². The normalized spacial score (nSPS) is 10.6. The molecule has 0 aliphatic carbocycles. The second kappa shape index (κ2) is 5.70. The zero-order chi connectivity index (χ0) is 14.7. The Labute approximate surface area is 119 Å². The number of rotatable bonds is 4. The fourth-order valence-electron chi connectivity index (χ4n) is 1.77. The van der Waals surface area contributed by atoms with Gasteiger partial charge < -0.3 is 4.74 Å². The van der Waals surface area contributed by atoms with Crippen molar-refractivity contribution in [1.29, 1.82) is 0 Å². The number of nitrogens with one attached hydrogen (secondary N) is 1. The van der Waals surface area contributed by atoms with Crippen LogP contribution in [-0.2, 0) is 6.61 Å². The molecule has 1 aromatic heterocycles. The lowest BCUT2D eigenvalue weighted by molar-refractivity contribution is 0.296. The predicted octanol–water partition coefficient (Wildman–Crippen LogP) is 3.33. The summed E-state index contributed by atoms with van der Waals surface area (Å²) < 4.78 is 31.1. The van der Waals surface area contributed by atoms with Crippen molar-refractivity contribution in [3.63, 3.8) is 0 Å². The first-order valence-corrected chi connectivity index (χ1v) is 6.26. The van der Waals surface area contributed by atoms with Crippen LogP contribution in [-0.4, -0.2) is 15.2 Å². The molecule has 0 aliphatic heterocycles. The summed E-state index contributed by atoms with van der Waals surface area (Å²) in [6.07, 6.45) is 0. The number of ether oxygens (including phenoxy) is 1. The van der Waals surface area contributed by atoms with Crippen LogP contribution >= 0.6 is 0 Å². The Kier molecular flexibility index (Phi) is 3.59. The van der Waals surface area contributed by atoms with E-state index in [-0.39, 0.29) is 18.2 Å². The van der Waals surface area contributed by atoms with Gasteiger partial charge >= 0.3 is 0 Å². The summed E-state index contributed by atoms with van der Waals surface area (Å²) in [4.78, 5) is 4.25. The van der Waals surface area contributed by atoms with Crippen molar-refractivity contribution in [3.8, 4) is 17.1 Å². The molecule has 0 saturated carbocycles. The van der Waals surface area contributed by atoms with E-state index in [1.54, 1.807) is 12.1 Å². The first kappa shape index (κ1) is 13.2. The average Bonchev–Trinajstić information content (AvgIpc) is 2.96. The van der Waals surface area contributed by atoms with Crippen molar-refractivity contribution < 1.29 is 13.5 Å². The highest BCUT2D eigenvalue weighted by molar-refractivity contribution is 5.53. The van der Waals surface area contributed by atoms with E-state index in [1.165, 1.54) is 36.4 Å². The highest BCUT2D eigenvalue weighted by Gasteiger charge is 2.06. The van der Waals surface area contributed by atoms with Gasteiger partial charge in [-0.2, -0.15) is 5.10 Å². The fourth-order valence-corrected chi connectivity index (χ4v) is 1.77. The van der Waals surface area contributed by atoms with Crippen molar-refractivity contribution in [3.05, 3.63) is 66.0 Å². The third-order valence-corrected chi connectivity index (χ3v) is 2.82. The molecule has 21 heavy (non-hydrogen) atoms. The van der Waals surface area contributed by atoms with E-state index in [2.05, 4.69) is 15.2 Å². The van der Waals surface area contributed by atoms with Gasteiger partial charge in [-0.05, 0) is 48.5 Å². The standard InChI is InChI=1S/C15H11F2N3O/c16-11-3-1-10(2-4-11)15-18-14(19-20-15)9-21-13-7-5-12(17)6-8-13/h1-8H,9H2,(H,18,19,20). The van der Waals surface area contributed by atoms with Gasteiger partial charge in [0.2, 0.25) is 0 Å². The Balaban J connectivity index is 1.67. The zero-order valence-corrected chi connectivity index (χ0v) is 10.9. The molecule has 0 unspecified atom stereocenters. The maximum atomic E-state index is 12.8. The van der Waals surface area contributed by atoms with Crippen LogP contribution in [0.4, 0.5) is 8.78 Å². The Bertz CT molecular complexity index is 723. The van der Waals surface area contributed by atoms with Crippen LogP contribution in [0.3, 0.4) is 0 Å². The van der Waals surface area contributed by atoms with Gasteiger partial charge in [-0.25, -0.2) is 13.8 Å². The summed E-state index contributed by atoms with van der Waals surface area (Å²) in [5, 5.41) is 6.79. The van der Waals surface area contributed by atoms with E-state index in [1.807, 2.05) is 0 Å². The third-order valence-electron chi connectivity index (χ3n) is 2.82. The Morgan fingerprint density at radius 1 is 0.905 bits per heavy atom. The monoisotopic (exact) mass is 287 g/mol. The van der Waals surface area contributed by atoms with E-state index in [0.29, 0.717) is 23.0 Å². The van der Waals surface area contributed by atoms with Crippen LogP contribution in [0.15, 0.2) is 48.5 Å². The molecule has 0 aliphatic rings. The molecular weight excluding hydrogens is 276 g/mol. The fraction of sp³-hybridized carbons (Fsp3) is 0.0667. The number of benzene rings is 2. The zero-order valence-electron chi connectivity index (χ0n) is 10.9. The van der Waals surface area contributed by atoms with Gasteiger partial charge in [-0.1, -0.05) is 0 Å². The van der Waals surface area contributed by atoms with E-state index in [0.717, 1.165) is 0 Å². The molecule has 2 aromatic carbocycles. The van der Waals surface area contributed by atoms with Gasteiger partial charge in [0.05, 0.1) is 0 Å². The molecular formula is C15H11F2N3O. The van der Waals surface area contributed by atoms with E-state index >= 15 is 0 Å². The Morgan fingerprint density at radius 2 is 1.52 bits per heavy atom. The van der Waals surface area contributed by atoms with Gasteiger partial charge in [-0.15, -0.1) is 0 Å². The van der Waals surface area contributed by atoms with Crippen LogP contribution in [0.1, 0.15) is 5.82 Å². The molecule has 0 spiro atoms. The number of aromatic nitrogens is 3. The van der Waals surface area contributed by atoms with E-state index < -0.39 is 0 Å². The molecule has 3 rings (SSSR count). The first-order chi connectivity index (χ1) is 10.2. The van der Waals surface area contributed by atoms with Crippen LogP contribution in [0.2, 0.25) is 0 Å². The molecule has 0 atom stereocenters. The number of H-pyrrole nitrogens is 1. The lowest BCUT2D eigenvalue weighted by atomic mass is 10.2. The summed E-state index contributed by atoms with van der Waals surface area (Å²) in [6.45, 7) is 0.180. The number of halogens is 2. The Hall–Kier alpha value is -2.76. The van der Waals surface area contributed by atoms with Crippen LogP contribution in [0.25, 0.3) is 11.4 Å². The minimum atomic E-state index is -0.319. The SMILES string of the molecule is Fc1ccc(OCc2nc(-c3ccc(F)cc3)n[nH]2)cc1. The number of nitrogens with zero attached hydrogens (tertiary/aromatic N) is 2.